The molecule has 2 N–H and O–H groups in total. The van der Waals surface area contributed by atoms with E-state index in [1.807, 2.05) is 0 Å². The first-order chi connectivity index (χ1) is 10.4. The van der Waals surface area contributed by atoms with Crippen molar-refractivity contribution >= 4 is 21.7 Å². The fourth-order valence-electron chi connectivity index (χ4n) is 1.64. The molecule has 0 spiro atoms. The molecule has 1 amide bonds. The van der Waals surface area contributed by atoms with Crippen molar-refractivity contribution in [3.8, 4) is 0 Å². The van der Waals surface area contributed by atoms with Crippen molar-refractivity contribution < 1.29 is 17.6 Å². The van der Waals surface area contributed by atoms with Gasteiger partial charge in [-0.1, -0.05) is 6.07 Å². The molecular formula is C14H14FN3O3S. The van der Waals surface area contributed by atoms with Crippen molar-refractivity contribution in [2.75, 3.05) is 5.32 Å². The summed E-state index contributed by atoms with van der Waals surface area (Å²) in [6.07, 6.45) is 1.50. The molecule has 2 rings (SSSR count). The van der Waals surface area contributed by atoms with Crippen molar-refractivity contribution in [1.29, 1.82) is 0 Å². The van der Waals surface area contributed by atoms with E-state index >= 15 is 0 Å². The van der Waals surface area contributed by atoms with Crippen LogP contribution >= 0.6 is 0 Å². The minimum absolute atomic E-state index is 0.119. The van der Waals surface area contributed by atoms with Crippen LogP contribution in [0.2, 0.25) is 0 Å². The first-order valence-electron chi connectivity index (χ1n) is 6.38. The van der Waals surface area contributed by atoms with Gasteiger partial charge in [0.25, 0.3) is 0 Å². The number of hydrogen-bond acceptors (Lipinski definition) is 4. The molecule has 2 aromatic rings. The second kappa shape index (κ2) is 6.63. The zero-order valence-corrected chi connectivity index (χ0v) is 12.5. The number of carbonyl (C=O) groups is 1. The molecule has 116 valence electrons. The van der Waals surface area contributed by atoms with Gasteiger partial charge in [0.1, 0.15) is 11.6 Å². The molecule has 0 fully saturated rings. The summed E-state index contributed by atoms with van der Waals surface area (Å²) in [6, 6.07) is 8.27. The number of nitrogens with zero attached hydrogens (tertiary/aromatic N) is 1. The fourth-order valence-corrected chi connectivity index (χ4v) is 2.84. The predicted octanol–water partition coefficient (Wildman–Crippen LogP) is 1.53. The molecule has 0 aliphatic heterocycles. The lowest BCUT2D eigenvalue weighted by Gasteiger charge is -2.14. The molecule has 1 atom stereocenters. The van der Waals surface area contributed by atoms with Crippen LogP contribution in [0.15, 0.2) is 53.6 Å². The molecule has 0 unspecified atom stereocenters. The molecule has 0 radical (unpaired) electrons. The van der Waals surface area contributed by atoms with Crippen molar-refractivity contribution in [1.82, 2.24) is 9.71 Å². The summed E-state index contributed by atoms with van der Waals surface area (Å²) in [5.74, 6) is -0.774. The van der Waals surface area contributed by atoms with Crippen LogP contribution in [0.5, 0.6) is 0 Å². The number of amides is 1. The Bertz CT molecular complexity index is 749. The highest BCUT2D eigenvalue weighted by molar-refractivity contribution is 7.89. The Morgan fingerprint density at radius 1 is 1.18 bits per heavy atom. The Hall–Kier alpha value is -2.32. The second-order valence-electron chi connectivity index (χ2n) is 4.50. The van der Waals surface area contributed by atoms with Crippen LogP contribution < -0.4 is 10.0 Å². The molecule has 6 nitrogen and oxygen atoms in total. The molecule has 0 saturated heterocycles. The Labute approximate surface area is 127 Å². The third-order valence-electron chi connectivity index (χ3n) is 2.77. The van der Waals surface area contributed by atoms with Gasteiger partial charge < -0.3 is 5.32 Å². The van der Waals surface area contributed by atoms with E-state index in [0.717, 1.165) is 24.3 Å². The lowest BCUT2D eigenvalue weighted by Crippen LogP contribution is -2.41. The second-order valence-corrected chi connectivity index (χ2v) is 6.22. The van der Waals surface area contributed by atoms with E-state index in [4.69, 9.17) is 0 Å². The highest BCUT2D eigenvalue weighted by Crippen LogP contribution is 2.10. The largest absolute Gasteiger partial charge is 0.309 e. The third kappa shape index (κ3) is 4.09. The van der Waals surface area contributed by atoms with Crippen LogP contribution in [-0.4, -0.2) is 25.4 Å². The van der Waals surface area contributed by atoms with E-state index in [2.05, 4.69) is 15.0 Å². The number of nitrogens with one attached hydrogen (secondary N) is 2. The van der Waals surface area contributed by atoms with Crippen LogP contribution in [-0.2, 0) is 14.8 Å². The predicted molar refractivity (Wildman–Crippen MR) is 79.1 cm³/mol. The summed E-state index contributed by atoms with van der Waals surface area (Å²) in [6.45, 7) is 1.40. The summed E-state index contributed by atoms with van der Waals surface area (Å²) in [5, 5.41) is 2.49. The Kier molecular flexibility index (Phi) is 4.84. The Morgan fingerprint density at radius 2 is 1.86 bits per heavy atom. The lowest BCUT2D eigenvalue weighted by atomic mass is 10.3. The molecule has 0 saturated carbocycles. The van der Waals surface area contributed by atoms with Gasteiger partial charge in [-0.15, -0.1) is 0 Å². The van der Waals surface area contributed by atoms with Gasteiger partial charge in [-0.25, -0.2) is 17.8 Å². The number of sulfonamides is 1. The maximum Gasteiger partial charge on any atom is 0.243 e. The first kappa shape index (κ1) is 16.1. The molecule has 0 bridgehead atoms. The lowest BCUT2D eigenvalue weighted by molar-refractivity contribution is -0.117. The van der Waals surface area contributed by atoms with Crippen molar-refractivity contribution in [3.63, 3.8) is 0 Å². The first-order valence-corrected chi connectivity index (χ1v) is 7.86. The number of anilines is 1. The van der Waals surface area contributed by atoms with Gasteiger partial charge in [0.15, 0.2) is 0 Å². The van der Waals surface area contributed by atoms with Crippen LogP contribution in [0.25, 0.3) is 0 Å². The van der Waals surface area contributed by atoms with E-state index in [9.17, 15) is 17.6 Å². The van der Waals surface area contributed by atoms with Gasteiger partial charge in [-0.2, -0.15) is 4.72 Å². The van der Waals surface area contributed by atoms with E-state index in [1.54, 1.807) is 18.2 Å². The number of pyridine rings is 1. The number of carbonyl (C=O) groups excluding carboxylic acids is 1. The number of benzene rings is 1. The minimum atomic E-state index is -3.91. The zero-order chi connectivity index (χ0) is 16.2. The van der Waals surface area contributed by atoms with Gasteiger partial charge in [0.2, 0.25) is 15.9 Å². The maximum atomic E-state index is 12.8. The average Bonchev–Trinajstić information content (AvgIpc) is 2.48. The smallest absolute Gasteiger partial charge is 0.243 e. The molecule has 0 aliphatic carbocycles. The van der Waals surface area contributed by atoms with E-state index in [-0.39, 0.29) is 4.90 Å². The molecule has 1 aromatic heterocycles. The maximum absolute atomic E-state index is 12.8. The molecular weight excluding hydrogens is 309 g/mol. The van der Waals surface area contributed by atoms with Crippen LogP contribution in [0.4, 0.5) is 10.2 Å². The Morgan fingerprint density at radius 3 is 2.45 bits per heavy atom. The van der Waals surface area contributed by atoms with E-state index in [1.165, 1.54) is 13.1 Å². The number of halogens is 1. The Balaban J connectivity index is 2.05. The number of rotatable bonds is 5. The molecule has 1 heterocycles. The average molecular weight is 323 g/mol. The summed E-state index contributed by atoms with van der Waals surface area (Å²) in [7, 11) is -3.91. The van der Waals surface area contributed by atoms with Gasteiger partial charge >= 0.3 is 0 Å². The molecule has 22 heavy (non-hydrogen) atoms. The van der Waals surface area contributed by atoms with Crippen LogP contribution in [0.1, 0.15) is 6.92 Å². The van der Waals surface area contributed by atoms with Gasteiger partial charge in [-0.3, -0.25) is 4.79 Å². The fraction of sp³-hybridized carbons (Fsp3) is 0.143. The van der Waals surface area contributed by atoms with Gasteiger partial charge in [-0.05, 0) is 43.3 Å². The SMILES string of the molecule is C[C@H](NS(=O)(=O)c1ccc(F)cc1)C(=O)Nc1ccccn1. The monoisotopic (exact) mass is 323 g/mol. The highest BCUT2D eigenvalue weighted by Gasteiger charge is 2.22. The van der Waals surface area contributed by atoms with Crippen LogP contribution in [0, 0.1) is 5.82 Å². The van der Waals surface area contributed by atoms with Crippen molar-refractivity contribution in [2.45, 2.75) is 17.9 Å². The quantitative estimate of drug-likeness (QED) is 0.873. The normalized spacial score (nSPS) is 12.6. The third-order valence-corrected chi connectivity index (χ3v) is 4.32. The summed E-state index contributed by atoms with van der Waals surface area (Å²) < 4.78 is 39.2. The number of hydrogen-bond donors (Lipinski definition) is 2. The molecule has 8 heteroatoms. The number of aromatic nitrogens is 1. The topological polar surface area (TPSA) is 88.2 Å². The van der Waals surface area contributed by atoms with Crippen molar-refractivity contribution in [2.24, 2.45) is 0 Å². The van der Waals surface area contributed by atoms with Gasteiger partial charge in [0.05, 0.1) is 10.9 Å². The summed E-state index contributed by atoms with van der Waals surface area (Å²) in [4.78, 5) is 15.7. The van der Waals surface area contributed by atoms with E-state index in [0.29, 0.717) is 5.82 Å². The molecule has 1 aromatic carbocycles. The van der Waals surface area contributed by atoms with E-state index < -0.39 is 27.8 Å². The summed E-state index contributed by atoms with van der Waals surface area (Å²) >= 11 is 0. The standard InChI is InChI=1S/C14H14FN3O3S/c1-10(14(19)17-13-4-2-3-9-16-13)18-22(20,21)12-7-5-11(15)6-8-12/h2-10,18H,1H3,(H,16,17,19)/t10-/m0/s1. The van der Waals surface area contributed by atoms with Crippen LogP contribution in [0.3, 0.4) is 0 Å². The molecule has 0 aliphatic rings. The van der Waals surface area contributed by atoms with Crippen molar-refractivity contribution in [3.05, 3.63) is 54.5 Å². The zero-order valence-electron chi connectivity index (χ0n) is 11.7. The summed E-state index contributed by atoms with van der Waals surface area (Å²) in [5.41, 5.74) is 0. The van der Waals surface area contributed by atoms with Gasteiger partial charge in [0, 0.05) is 6.20 Å². The highest BCUT2D eigenvalue weighted by atomic mass is 32.2. The minimum Gasteiger partial charge on any atom is -0.309 e.